The third kappa shape index (κ3) is 3.98. The van der Waals surface area contributed by atoms with E-state index < -0.39 is 0 Å². The number of benzene rings is 1. The number of hydrogen-bond acceptors (Lipinski definition) is 2. The van der Waals surface area contributed by atoms with E-state index in [1.165, 1.54) is 10.5 Å². The molecule has 0 aromatic heterocycles. The highest BCUT2D eigenvalue weighted by atomic mass is 16.2. The van der Waals surface area contributed by atoms with E-state index in [4.69, 9.17) is 0 Å². The van der Waals surface area contributed by atoms with Gasteiger partial charge in [-0.15, -0.1) is 0 Å². The lowest BCUT2D eigenvalue weighted by Gasteiger charge is -2.11. The number of rotatable bonds is 5. The lowest BCUT2D eigenvalue weighted by atomic mass is 10.1. The van der Waals surface area contributed by atoms with E-state index in [9.17, 15) is 9.59 Å². The molecule has 1 fully saturated rings. The maximum absolute atomic E-state index is 11.7. The van der Waals surface area contributed by atoms with Gasteiger partial charge in [-0.2, -0.15) is 0 Å². The summed E-state index contributed by atoms with van der Waals surface area (Å²) in [6.07, 6.45) is 1.31. The van der Waals surface area contributed by atoms with Crippen LogP contribution in [0.4, 0.5) is 4.79 Å². The summed E-state index contributed by atoms with van der Waals surface area (Å²) in [5.41, 5.74) is 1.26. The van der Waals surface area contributed by atoms with Crippen LogP contribution in [-0.4, -0.2) is 43.5 Å². The summed E-state index contributed by atoms with van der Waals surface area (Å²) in [5, 5.41) is 5.64. The van der Waals surface area contributed by atoms with Crippen molar-refractivity contribution in [1.82, 2.24) is 15.5 Å². The molecule has 0 radical (unpaired) electrons. The predicted octanol–water partition coefficient (Wildman–Crippen LogP) is 1.32. The minimum atomic E-state index is -0.194. The van der Waals surface area contributed by atoms with Crippen LogP contribution in [0.1, 0.15) is 24.3 Å². The zero-order chi connectivity index (χ0) is 14.5. The van der Waals surface area contributed by atoms with Gasteiger partial charge in [-0.25, -0.2) is 4.79 Å². The maximum Gasteiger partial charge on any atom is 0.315 e. The third-order valence-corrected chi connectivity index (χ3v) is 3.46. The average molecular weight is 275 g/mol. The summed E-state index contributed by atoms with van der Waals surface area (Å²) in [5.74, 6) is 0.434. The Balaban J connectivity index is 1.66. The summed E-state index contributed by atoms with van der Waals surface area (Å²) in [6.45, 7) is 0.367. The van der Waals surface area contributed by atoms with Gasteiger partial charge in [0.15, 0.2) is 0 Å². The summed E-state index contributed by atoms with van der Waals surface area (Å²) in [4.78, 5) is 24.5. The molecule has 5 nitrogen and oxygen atoms in total. The normalized spacial score (nSPS) is 20.1. The van der Waals surface area contributed by atoms with Gasteiger partial charge in [-0.1, -0.05) is 30.3 Å². The first-order valence-corrected chi connectivity index (χ1v) is 6.87. The number of hydrogen-bond donors (Lipinski definition) is 2. The first kappa shape index (κ1) is 14.4. The molecule has 1 saturated carbocycles. The van der Waals surface area contributed by atoms with Crippen molar-refractivity contribution in [3.8, 4) is 0 Å². The van der Waals surface area contributed by atoms with Crippen LogP contribution in [0.5, 0.6) is 0 Å². The van der Waals surface area contributed by atoms with Crippen LogP contribution in [0.15, 0.2) is 30.3 Å². The van der Waals surface area contributed by atoms with Crippen molar-refractivity contribution >= 4 is 11.9 Å². The minimum Gasteiger partial charge on any atom is -0.349 e. The Labute approximate surface area is 119 Å². The van der Waals surface area contributed by atoms with Crippen molar-refractivity contribution in [1.29, 1.82) is 0 Å². The van der Waals surface area contributed by atoms with Crippen LogP contribution in [0.3, 0.4) is 0 Å². The van der Waals surface area contributed by atoms with Crippen molar-refractivity contribution in [3.63, 3.8) is 0 Å². The van der Waals surface area contributed by atoms with Gasteiger partial charge in [-0.05, 0) is 12.0 Å². The van der Waals surface area contributed by atoms with Crippen molar-refractivity contribution in [2.75, 3.05) is 20.6 Å². The SMILES string of the molecule is CN(C)C(=O)CCNC(=O)N[C@@H]1C[C@H]1c1ccccc1. The summed E-state index contributed by atoms with van der Waals surface area (Å²) in [6, 6.07) is 10.2. The zero-order valence-corrected chi connectivity index (χ0v) is 11.9. The van der Waals surface area contributed by atoms with E-state index in [0.717, 1.165) is 6.42 Å². The van der Waals surface area contributed by atoms with E-state index in [1.807, 2.05) is 18.2 Å². The first-order valence-electron chi connectivity index (χ1n) is 6.87. The lowest BCUT2D eigenvalue weighted by Crippen LogP contribution is -2.39. The molecular weight excluding hydrogens is 254 g/mol. The smallest absolute Gasteiger partial charge is 0.315 e. The minimum absolute atomic E-state index is 0.0129. The van der Waals surface area contributed by atoms with Gasteiger partial charge in [0, 0.05) is 39.0 Å². The molecule has 0 aliphatic heterocycles. The molecule has 5 heteroatoms. The molecular formula is C15H21N3O2. The second-order valence-corrected chi connectivity index (χ2v) is 5.30. The lowest BCUT2D eigenvalue weighted by molar-refractivity contribution is -0.128. The molecule has 2 rings (SSSR count). The van der Waals surface area contributed by atoms with Crippen LogP contribution in [0, 0.1) is 0 Å². The molecule has 2 atom stereocenters. The van der Waals surface area contributed by atoms with Crippen LogP contribution in [-0.2, 0) is 4.79 Å². The molecule has 0 saturated heterocycles. The Kier molecular flexibility index (Phi) is 4.61. The predicted molar refractivity (Wildman–Crippen MR) is 77.4 cm³/mol. The molecule has 2 N–H and O–H groups in total. The topological polar surface area (TPSA) is 61.4 Å². The molecule has 108 valence electrons. The molecule has 1 aliphatic carbocycles. The second kappa shape index (κ2) is 6.41. The Morgan fingerprint density at radius 1 is 1.25 bits per heavy atom. The molecule has 0 bridgehead atoms. The average Bonchev–Trinajstić information content (AvgIpc) is 3.18. The second-order valence-electron chi connectivity index (χ2n) is 5.30. The van der Waals surface area contributed by atoms with E-state index in [2.05, 4.69) is 22.8 Å². The fraction of sp³-hybridized carbons (Fsp3) is 0.467. The van der Waals surface area contributed by atoms with Gasteiger partial charge in [-0.3, -0.25) is 4.79 Å². The van der Waals surface area contributed by atoms with Gasteiger partial charge in [0.25, 0.3) is 0 Å². The van der Waals surface area contributed by atoms with Gasteiger partial charge in [0.1, 0.15) is 0 Å². The molecule has 0 spiro atoms. The molecule has 0 heterocycles. The first-order chi connectivity index (χ1) is 9.58. The maximum atomic E-state index is 11.7. The zero-order valence-electron chi connectivity index (χ0n) is 11.9. The molecule has 1 aromatic carbocycles. The highest BCUT2D eigenvalue weighted by Crippen LogP contribution is 2.40. The third-order valence-electron chi connectivity index (χ3n) is 3.46. The Hall–Kier alpha value is -2.04. The van der Waals surface area contributed by atoms with Crippen molar-refractivity contribution < 1.29 is 9.59 Å². The Morgan fingerprint density at radius 3 is 2.60 bits per heavy atom. The van der Waals surface area contributed by atoms with E-state index >= 15 is 0 Å². The van der Waals surface area contributed by atoms with Gasteiger partial charge in [0.05, 0.1) is 0 Å². The number of amides is 3. The standard InChI is InChI=1S/C15H21N3O2/c1-18(2)14(19)8-9-16-15(20)17-13-10-12(13)11-6-4-3-5-7-11/h3-7,12-13H,8-10H2,1-2H3,(H2,16,17,20)/t12-,13+/m0/s1. The number of carbonyl (C=O) groups is 2. The summed E-state index contributed by atoms with van der Waals surface area (Å²) >= 11 is 0. The fourth-order valence-electron chi connectivity index (χ4n) is 2.15. The molecule has 1 aliphatic rings. The van der Waals surface area contributed by atoms with Crippen molar-refractivity contribution in [3.05, 3.63) is 35.9 Å². The molecule has 20 heavy (non-hydrogen) atoms. The molecule has 3 amide bonds. The van der Waals surface area contributed by atoms with Gasteiger partial charge < -0.3 is 15.5 Å². The number of urea groups is 1. The molecule has 1 aromatic rings. The van der Waals surface area contributed by atoms with Crippen LogP contribution >= 0.6 is 0 Å². The van der Waals surface area contributed by atoms with Crippen molar-refractivity contribution in [2.45, 2.75) is 24.8 Å². The molecule has 0 unspecified atom stereocenters. The van der Waals surface area contributed by atoms with E-state index in [1.54, 1.807) is 14.1 Å². The van der Waals surface area contributed by atoms with Gasteiger partial charge >= 0.3 is 6.03 Å². The van der Waals surface area contributed by atoms with Gasteiger partial charge in [0.2, 0.25) is 5.91 Å². The van der Waals surface area contributed by atoms with Crippen LogP contribution < -0.4 is 10.6 Å². The number of nitrogens with one attached hydrogen (secondary N) is 2. The largest absolute Gasteiger partial charge is 0.349 e. The Bertz CT molecular complexity index is 473. The Morgan fingerprint density at radius 2 is 1.95 bits per heavy atom. The van der Waals surface area contributed by atoms with Crippen molar-refractivity contribution in [2.24, 2.45) is 0 Å². The summed E-state index contributed by atoms with van der Waals surface area (Å²) < 4.78 is 0. The van der Waals surface area contributed by atoms with E-state index in [0.29, 0.717) is 18.9 Å². The highest BCUT2D eigenvalue weighted by Gasteiger charge is 2.39. The van der Waals surface area contributed by atoms with Crippen LogP contribution in [0.25, 0.3) is 0 Å². The quantitative estimate of drug-likeness (QED) is 0.851. The summed E-state index contributed by atoms with van der Waals surface area (Å²) in [7, 11) is 3.41. The number of carbonyl (C=O) groups excluding carboxylic acids is 2. The number of nitrogens with zero attached hydrogens (tertiary/aromatic N) is 1. The fourth-order valence-corrected chi connectivity index (χ4v) is 2.15. The highest BCUT2D eigenvalue weighted by molar-refractivity contribution is 5.78. The van der Waals surface area contributed by atoms with Crippen LogP contribution in [0.2, 0.25) is 0 Å². The van der Waals surface area contributed by atoms with E-state index in [-0.39, 0.29) is 18.0 Å². The monoisotopic (exact) mass is 275 g/mol.